The third-order valence-corrected chi connectivity index (χ3v) is 4.57. The molecule has 0 aliphatic carbocycles. The minimum atomic E-state index is -3.28. The fraction of sp³-hybridized carbons (Fsp3) is 0.238. The summed E-state index contributed by atoms with van der Waals surface area (Å²) in [5, 5.41) is 13.2. The molecule has 3 rings (SSSR count). The topological polar surface area (TPSA) is 85.0 Å². The molecule has 0 aliphatic heterocycles. The van der Waals surface area contributed by atoms with Crippen LogP contribution in [0.1, 0.15) is 27.4 Å². The second kappa shape index (κ2) is 9.58. The summed E-state index contributed by atoms with van der Waals surface area (Å²) >= 11 is 0. The van der Waals surface area contributed by atoms with E-state index in [-0.39, 0.29) is 17.8 Å². The molecule has 0 atom stereocenters. The second-order valence-electron chi connectivity index (χ2n) is 6.63. The zero-order chi connectivity index (χ0) is 23.4. The van der Waals surface area contributed by atoms with Gasteiger partial charge in [0.15, 0.2) is 11.5 Å². The van der Waals surface area contributed by atoms with E-state index >= 15 is 0 Å². The fourth-order valence-electron chi connectivity index (χ4n) is 3.07. The number of nitrogens with zero attached hydrogens (tertiary/aromatic N) is 2. The van der Waals surface area contributed by atoms with E-state index in [0.29, 0.717) is 22.7 Å². The van der Waals surface area contributed by atoms with Crippen molar-refractivity contribution in [3.63, 3.8) is 0 Å². The normalized spacial score (nSPS) is 11.1. The lowest BCUT2D eigenvalue weighted by atomic mass is 10.1. The number of benzene rings is 2. The van der Waals surface area contributed by atoms with Crippen LogP contribution in [-0.2, 0) is 6.54 Å². The van der Waals surface area contributed by atoms with Crippen molar-refractivity contribution in [2.45, 2.75) is 33.6 Å². The SMILES string of the molecule is Cc1noc(C)c1CN(c1cccc(C(=O)O)c1)c1ccc(OC(F)F)c(OC(F)F)c1. The maximum absolute atomic E-state index is 12.9. The Morgan fingerprint density at radius 1 is 1.03 bits per heavy atom. The summed E-state index contributed by atoms with van der Waals surface area (Å²) in [7, 11) is 0. The number of aromatic carboxylic acids is 1. The minimum Gasteiger partial charge on any atom is -0.478 e. The molecule has 0 bridgehead atoms. The number of carboxylic acids is 1. The molecule has 0 amide bonds. The first-order valence-corrected chi connectivity index (χ1v) is 9.22. The molecule has 1 heterocycles. The van der Waals surface area contributed by atoms with Crippen LogP contribution in [0, 0.1) is 13.8 Å². The smallest absolute Gasteiger partial charge is 0.387 e. The summed E-state index contributed by atoms with van der Waals surface area (Å²) in [4.78, 5) is 13.0. The molecular formula is C21H18F4N2O5. The van der Waals surface area contributed by atoms with E-state index in [1.165, 1.54) is 24.3 Å². The third-order valence-electron chi connectivity index (χ3n) is 4.57. The molecule has 32 heavy (non-hydrogen) atoms. The number of aryl methyl sites for hydroxylation is 2. The number of halogens is 4. The Labute approximate surface area is 179 Å². The molecule has 7 nitrogen and oxygen atoms in total. The van der Waals surface area contributed by atoms with Gasteiger partial charge in [-0.3, -0.25) is 0 Å². The van der Waals surface area contributed by atoms with Crippen LogP contribution in [-0.4, -0.2) is 29.5 Å². The molecular weight excluding hydrogens is 436 g/mol. The number of hydrogen-bond donors (Lipinski definition) is 1. The van der Waals surface area contributed by atoms with Crippen LogP contribution in [0.4, 0.5) is 28.9 Å². The zero-order valence-corrected chi connectivity index (χ0v) is 16.9. The number of rotatable bonds is 9. The van der Waals surface area contributed by atoms with Crippen LogP contribution in [0.15, 0.2) is 47.0 Å². The van der Waals surface area contributed by atoms with Gasteiger partial charge in [-0.15, -0.1) is 0 Å². The fourth-order valence-corrected chi connectivity index (χ4v) is 3.07. The van der Waals surface area contributed by atoms with Gasteiger partial charge in [0.2, 0.25) is 0 Å². The summed E-state index contributed by atoms with van der Waals surface area (Å²) < 4.78 is 64.9. The van der Waals surface area contributed by atoms with Crippen LogP contribution in [0.2, 0.25) is 0 Å². The van der Waals surface area contributed by atoms with Gasteiger partial charge < -0.3 is 24.0 Å². The molecule has 1 aromatic heterocycles. The van der Waals surface area contributed by atoms with Gasteiger partial charge in [0, 0.05) is 23.0 Å². The monoisotopic (exact) mass is 454 g/mol. The summed E-state index contributed by atoms with van der Waals surface area (Å²) in [5.41, 5.74) is 1.90. The maximum atomic E-state index is 12.9. The van der Waals surface area contributed by atoms with Gasteiger partial charge in [-0.05, 0) is 44.2 Å². The average molecular weight is 454 g/mol. The van der Waals surface area contributed by atoms with Gasteiger partial charge in [0.1, 0.15) is 5.76 Å². The maximum Gasteiger partial charge on any atom is 0.387 e. The van der Waals surface area contributed by atoms with Gasteiger partial charge in [-0.25, -0.2) is 4.79 Å². The van der Waals surface area contributed by atoms with Crippen molar-refractivity contribution in [3.8, 4) is 11.5 Å². The molecule has 0 spiro atoms. The molecule has 0 saturated heterocycles. The van der Waals surface area contributed by atoms with Crippen LogP contribution < -0.4 is 14.4 Å². The first-order chi connectivity index (χ1) is 15.2. The molecule has 0 saturated carbocycles. The van der Waals surface area contributed by atoms with Crippen molar-refractivity contribution >= 4 is 17.3 Å². The summed E-state index contributed by atoms with van der Waals surface area (Å²) in [5.74, 6) is -1.83. The molecule has 170 valence electrons. The third kappa shape index (κ3) is 5.29. The quantitative estimate of drug-likeness (QED) is 0.426. The Morgan fingerprint density at radius 2 is 1.69 bits per heavy atom. The molecule has 2 aromatic carbocycles. The lowest BCUT2D eigenvalue weighted by Crippen LogP contribution is -2.18. The van der Waals surface area contributed by atoms with E-state index in [0.717, 1.165) is 12.1 Å². The molecule has 0 radical (unpaired) electrons. The zero-order valence-electron chi connectivity index (χ0n) is 16.9. The predicted molar refractivity (Wildman–Crippen MR) is 105 cm³/mol. The average Bonchev–Trinajstić information content (AvgIpc) is 3.04. The summed E-state index contributed by atoms with van der Waals surface area (Å²) in [6.45, 7) is -3.01. The Kier molecular flexibility index (Phi) is 6.86. The first-order valence-electron chi connectivity index (χ1n) is 9.22. The highest BCUT2D eigenvalue weighted by Gasteiger charge is 2.21. The second-order valence-corrected chi connectivity index (χ2v) is 6.63. The van der Waals surface area contributed by atoms with Crippen molar-refractivity contribution < 1.29 is 41.5 Å². The van der Waals surface area contributed by atoms with Gasteiger partial charge in [-0.1, -0.05) is 11.2 Å². The Balaban J connectivity index is 2.12. The Morgan fingerprint density at radius 3 is 2.28 bits per heavy atom. The molecule has 3 aromatic rings. The standard InChI is InChI=1S/C21H18F4N2O5/c1-11-16(12(2)32-26-11)10-27(14-5-3-4-13(8-14)19(28)29)15-6-7-17(30-20(22)23)18(9-15)31-21(24)25/h3-9,20-21H,10H2,1-2H3,(H,28,29). The number of aromatic nitrogens is 1. The van der Waals surface area contributed by atoms with Crippen LogP contribution in [0.3, 0.4) is 0 Å². The number of alkyl halides is 4. The van der Waals surface area contributed by atoms with E-state index < -0.39 is 30.7 Å². The van der Waals surface area contributed by atoms with E-state index in [2.05, 4.69) is 14.6 Å². The van der Waals surface area contributed by atoms with E-state index in [1.807, 2.05) is 0 Å². The first kappa shape index (κ1) is 22.9. The summed E-state index contributed by atoms with van der Waals surface area (Å²) in [6, 6.07) is 9.45. The number of hydrogen-bond acceptors (Lipinski definition) is 6. The van der Waals surface area contributed by atoms with Crippen molar-refractivity contribution in [2.24, 2.45) is 0 Å². The van der Waals surface area contributed by atoms with Gasteiger partial charge in [-0.2, -0.15) is 17.6 Å². The molecule has 0 aliphatic rings. The lowest BCUT2D eigenvalue weighted by Gasteiger charge is -2.26. The number of anilines is 2. The van der Waals surface area contributed by atoms with E-state index in [9.17, 15) is 27.5 Å². The predicted octanol–water partition coefficient (Wildman–Crippen LogP) is 5.53. The highest BCUT2D eigenvalue weighted by molar-refractivity contribution is 5.89. The van der Waals surface area contributed by atoms with Gasteiger partial charge >= 0.3 is 19.2 Å². The highest BCUT2D eigenvalue weighted by atomic mass is 19.3. The van der Waals surface area contributed by atoms with Crippen LogP contribution in [0.5, 0.6) is 11.5 Å². The molecule has 11 heteroatoms. The lowest BCUT2D eigenvalue weighted by molar-refractivity contribution is -0.0692. The van der Waals surface area contributed by atoms with Crippen molar-refractivity contribution in [1.29, 1.82) is 0 Å². The largest absolute Gasteiger partial charge is 0.478 e. The van der Waals surface area contributed by atoms with Gasteiger partial charge in [0.05, 0.1) is 17.8 Å². The number of carbonyl (C=O) groups is 1. The number of carboxylic acid groups (broad SMARTS) is 1. The van der Waals surface area contributed by atoms with Gasteiger partial charge in [0.25, 0.3) is 0 Å². The molecule has 0 fully saturated rings. The summed E-state index contributed by atoms with van der Waals surface area (Å²) in [6.07, 6.45) is 0. The molecule has 0 unspecified atom stereocenters. The van der Waals surface area contributed by atoms with Crippen LogP contribution >= 0.6 is 0 Å². The Bertz CT molecular complexity index is 1080. The Hall–Kier alpha value is -3.76. The molecule has 1 N–H and O–H groups in total. The minimum absolute atomic E-state index is 0.00651. The van der Waals surface area contributed by atoms with Crippen molar-refractivity contribution in [3.05, 3.63) is 65.0 Å². The van der Waals surface area contributed by atoms with Crippen molar-refractivity contribution in [1.82, 2.24) is 5.16 Å². The van der Waals surface area contributed by atoms with Crippen molar-refractivity contribution in [2.75, 3.05) is 4.90 Å². The van der Waals surface area contributed by atoms with E-state index in [4.69, 9.17) is 4.52 Å². The number of ether oxygens (including phenoxy) is 2. The van der Waals surface area contributed by atoms with Crippen LogP contribution in [0.25, 0.3) is 0 Å². The van der Waals surface area contributed by atoms with E-state index in [1.54, 1.807) is 24.8 Å². The highest BCUT2D eigenvalue weighted by Crippen LogP contribution is 2.38.